The molecule has 1 aliphatic heterocycles. The summed E-state index contributed by atoms with van der Waals surface area (Å²) in [5.41, 5.74) is 4.79. The first-order valence-corrected chi connectivity index (χ1v) is 16.8. The number of hydrazone groups is 1. The maximum Gasteiger partial charge on any atom is 0.269 e. The van der Waals surface area contributed by atoms with Crippen LogP contribution in [0.4, 0.5) is 5.69 Å². The molecule has 14 heteroatoms. The van der Waals surface area contributed by atoms with Gasteiger partial charge in [-0.15, -0.1) is 21.5 Å². The summed E-state index contributed by atoms with van der Waals surface area (Å²) in [5.74, 6) is 0.643. The average molecular weight is 682 g/mol. The Kier molecular flexibility index (Phi) is 9.64. The molecule has 0 radical (unpaired) electrons. The number of hydrogen-bond donors (Lipinski definition) is 1. The lowest BCUT2D eigenvalue weighted by Gasteiger charge is -2.22. The fourth-order valence-corrected chi connectivity index (χ4v) is 6.85. The van der Waals surface area contributed by atoms with Crippen molar-refractivity contribution in [1.29, 1.82) is 0 Å². The number of thiophene rings is 1. The second kappa shape index (κ2) is 14.2. The quantitative estimate of drug-likeness (QED) is 0.0977. The van der Waals surface area contributed by atoms with Crippen LogP contribution < -0.4 is 10.1 Å². The number of non-ortho nitro benzene ring substituents is 1. The maximum atomic E-state index is 13.9. The average Bonchev–Trinajstić information content (AvgIpc) is 3.88. The number of carbonyl (C=O) groups excluding carboxylic acids is 2. The highest BCUT2D eigenvalue weighted by molar-refractivity contribution is 7.99. The van der Waals surface area contributed by atoms with Gasteiger partial charge in [0.05, 0.1) is 46.6 Å². The Morgan fingerprint density at radius 1 is 1.06 bits per heavy atom. The molecule has 2 aromatic heterocycles. The zero-order valence-electron chi connectivity index (χ0n) is 26.3. The Labute approximate surface area is 284 Å². The van der Waals surface area contributed by atoms with Crippen molar-refractivity contribution in [3.8, 4) is 11.4 Å². The number of hydrogen-bond acceptors (Lipinski definition) is 10. The number of benzene rings is 3. The molecule has 0 saturated heterocycles. The number of nitro benzene ring substituents is 1. The molecule has 12 nitrogen and oxygen atoms in total. The van der Waals surface area contributed by atoms with Crippen molar-refractivity contribution in [2.75, 3.05) is 12.9 Å². The molecular formula is C34H31N7O5S2. The van der Waals surface area contributed by atoms with E-state index in [0.717, 1.165) is 38.7 Å². The van der Waals surface area contributed by atoms with Gasteiger partial charge >= 0.3 is 0 Å². The van der Waals surface area contributed by atoms with Gasteiger partial charge in [0.1, 0.15) is 5.75 Å². The third-order valence-corrected chi connectivity index (χ3v) is 9.68. The van der Waals surface area contributed by atoms with Gasteiger partial charge in [-0.05, 0) is 72.3 Å². The number of nitrogens with zero attached hydrogens (tertiary/aromatic N) is 6. The van der Waals surface area contributed by atoms with Crippen LogP contribution in [-0.4, -0.2) is 55.1 Å². The largest absolute Gasteiger partial charge is 0.497 e. The molecule has 244 valence electrons. The van der Waals surface area contributed by atoms with Crippen molar-refractivity contribution in [2.24, 2.45) is 5.10 Å². The molecule has 1 atom stereocenters. The molecule has 1 unspecified atom stereocenters. The molecule has 3 aromatic carbocycles. The van der Waals surface area contributed by atoms with Crippen LogP contribution in [-0.2, 0) is 11.3 Å². The molecule has 0 fully saturated rings. The third-order valence-electron chi connectivity index (χ3n) is 7.85. The fraction of sp³-hybridized carbons (Fsp3) is 0.206. The number of methoxy groups -OCH3 is 1. The summed E-state index contributed by atoms with van der Waals surface area (Å²) in [6, 6.07) is 22.7. The van der Waals surface area contributed by atoms with Crippen LogP contribution in [0.1, 0.15) is 50.2 Å². The van der Waals surface area contributed by atoms with Gasteiger partial charge in [-0.3, -0.25) is 24.3 Å². The first-order valence-electron chi connectivity index (χ1n) is 15.0. The van der Waals surface area contributed by atoms with Crippen molar-refractivity contribution < 1.29 is 19.2 Å². The van der Waals surface area contributed by atoms with Crippen molar-refractivity contribution in [3.63, 3.8) is 0 Å². The number of aromatic nitrogens is 3. The number of nitro groups is 1. The molecule has 6 rings (SSSR count). The summed E-state index contributed by atoms with van der Waals surface area (Å²) >= 11 is 2.83. The summed E-state index contributed by atoms with van der Waals surface area (Å²) in [7, 11) is 1.62. The topological polar surface area (TPSA) is 145 Å². The van der Waals surface area contributed by atoms with E-state index in [1.54, 1.807) is 23.5 Å². The molecule has 48 heavy (non-hydrogen) atoms. The second-order valence-electron chi connectivity index (χ2n) is 11.1. The summed E-state index contributed by atoms with van der Waals surface area (Å²) < 4.78 is 7.18. The van der Waals surface area contributed by atoms with E-state index in [-0.39, 0.29) is 35.5 Å². The Bertz CT molecular complexity index is 1990. The van der Waals surface area contributed by atoms with E-state index >= 15 is 0 Å². The number of amides is 2. The highest BCUT2D eigenvalue weighted by Crippen LogP contribution is 2.35. The standard InChI is InChI=1S/C34H31N7O5S2/c1-21-6-7-22(2)28(17-21)39-31(19-35-33(43)24-8-12-25(13-9-24)41(44)45)36-37-34(39)48-20-32(42)40-29(23-10-14-26(46-3)15-11-23)18-27(38-40)30-5-4-16-47-30/h4-17,29H,18-20H2,1-3H3,(H,35,43). The molecule has 1 aliphatic rings. The maximum absolute atomic E-state index is 13.9. The van der Waals surface area contributed by atoms with Crippen LogP contribution in [0.5, 0.6) is 5.75 Å². The minimum atomic E-state index is -0.518. The smallest absolute Gasteiger partial charge is 0.269 e. The number of ether oxygens (including phenoxy) is 1. The van der Waals surface area contributed by atoms with Gasteiger partial charge in [0, 0.05) is 24.1 Å². The molecule has 2 amide bonds. The van der Waals surface area contributed by atoms with Gasteiger partial charge < -0.3 is 10.1 Å². The van der Waals surface area contributed by atoms with E-state index in [1.165, 1.54) is 36.0 Å². The number of thioether (sulfide) groups is 1. The Morgan fingerprint density at radius 3 is 2.52 bits per heavy atom. The van der Waals surface area contributed by atoms with Crippen molar-refractivity contribution in [3.05, 3.63) is 127 Å². The lowest BCUT2D eigenvalue weighted by molar-refractivity contribution is -0.384. The summed E-state index contributed by atoms with van der Waals surface area (Å²) in [4.78, 5) is 38.3. The minimum Gasteiger partial charge on any atom is -0.497 e. The lowest BCUT2D eigenvalue weighted by Crippen LogP contribution is -2.28. The first-order chi connectivity index (χ1) is 23.2. The molecule has 1 N–H and O–H groups in total. The van der Waals surface area contributed by atoms with Crippen molar-refractivity contribution >= 4 is 46.3 Å². The first kappa shape index (κ1) is 32.6. The van der Waals surface area contributed by atoms with Gasteiger partial charge in [0.25, 0.3) is 17.5 Å². The highest BCUT2D eigenvalue weighted by atomic mass is 32.2. The van der Waals surface area contributed by atoms with E-state index in [2.05, 4.69) is 15.5 Å². The van der Waals surface area contributed by atoms with Gasteiger partial charge in [-0.2, -0.15) is 5.10 Å². The molecule has 3 heterocycles. The minimum absolute atomic E-state index is 0.0326. The van der Waals surface area contributed by atoms with Crippen molar-refractivity contribution in [2.45, 2.75) is 38.0 Å². The number of aryl methyl sites for hydroxylation is 2. The van der Waals surface area contributed by atoms with Crippen LogP contribution in [0.2, 0.25) is 0 Å². The second-order valence-corrected chi connectivity index (χ2v) is 12.9. The van der Waals surface area contributed by atoms with Crippen LogP contribution in [0.3, 0.4) is 0 Å². The van der Waals surface area contributed by atoms with Crippen LogP contribution >= 0.6 is 23.1 Å². The monoisotopic (exact) mass is 681 g/mol. The number of nitrogens with one attached hydrogen (secondary N) is 1. The van der Waals surface area contributed by atoms with Crippen LogP contribution in [0, 0.1) is 24.0 Å². The highest BCUT2D eigenvalue weighted by Gasteiger charge is 2.34. The molecular weight excluding hydrogens is 651 g/mol. The van der Waals surface area contributed by atoms with Gasteiger partial charge in [0.2, 0.25) is 0 Å². The Balaban J connectivity index is 1.24. The Morgan fingerprint density at radius 2 is 1.83 bits per heavy atom. The molecule has 0 spiro atoms. The van der Waals surface area contributed by atoms with E-state index in [9.17, 15) is 19.7 Å². The lowest BCUT2D eigenvalue weighted by atomic mass is 10.0. The van der Waals surface area contributed by atoms with E-state index in [0.29, 0.717) is 17.4 Å². The molecule has 0 saturated carbocycles. The third kappa shape index (κ3) is 6.99. The zero-order chi connectivity index (χ0) is 33.8. The van der Waals surface area contributed by atoms with Crippen LogP contribution in [0.25, 0.3) is 5.69 Å². The Hall–Kier alpha value is -5.34. The van der Waals surface area contributed by atoms with Crippen molar-refractivity contribution in [1.82, 2.24) is 25.1 Å². The van der Waals surface area contributed by atoms with Gasteiger partial charge in [-0.1, -0.05) is 42.1 Å². The van der Waals surface area contributed by atoms with E-state index < -0.39 is 10.8 Å². The zero-order valence-corrected chi connectivity index (χ0v) is 28.0. The predicted molar refractivity (Wildman–Crippen MR) is 184 cm³/mol. The summed E-state index contributed by atoms with van der Waals surface area (Å²) in [5, 5.41) is 31.5. The molecule has 5 aromatic rings. The van der Waals surface area contributed by atoms with Gasteiger partial charge in [-0.25, -0.2) is 5.01 Å². The SMILES string of the molecule is COc1ccc(C2CC(c3cccs3)=NN2C(=O)CSc2nnc(CNC(=O)c3ccc([N+](=O)[O-])cc3)n2-c2cc(C)ccc2C)cc1. The fourth-order valence-electron chi connectivity index (χ4n) is 5.32. The molecule has 0 aliphatic carbocycles. The summed E-state index contributed by atoms with van der Waals surface area (Å²) in [6.45, 7) is 3.98. The normalized spacial score (nSPS) is 14.1. The van der Waals surface area contributed by atoms with E-state index in [1.807, 2.05) is 78.4 Å². The van der Waals surface area contributed by atoms with E-state index in [4.69, 9.17) is 9.84 Å². The molecule has 0 bridgehead atoms. The number of rotatable bonds is 11. The summed E-state index contributed by atoms with van der Waals surface area (Å²) in [6.07, 6.45) is 0.584. The predicted octanol–water partition coefficient (Wildman–Crippen LogP) is 6.26. The number of carbonyl (C=O) groups is 2. The van der Waals surface area contributed by atoms with Gasteiger partial charge in [0.15, 0.2) is 11.0 Å². The van der Waals surface area contributed by atoms with Crippen LogP contribution in [0.15, 0.2) is 94.5 Å².